The third-order valence-corrected chi connectivity index (χ3v) is 12.0. The Morgan fingerprint density at radius 2 is 1.70 bits per heavy atom. The Balaban J connectivity index is 0.915. The van der Waals surface area contributed by atoms with Crippen LogP contribution in [0.5, 0.6) is 5.75 Å². The number of benzene rings is 2. The summed E-state index contributed by atoms with van der Waals surface area (Å²) in [6, 6.07) is 17.7. The zero-order valence-corrected chi connectivity index (χ0v) is 32.4. The Bertz CT molecular complexity index is 2050. The lowest BCUT2D eigenvalue weighted by Gasteiger charge is -2.43. The van der Waals surface area contributed by atoms with Gasteiger partial charge in [0.25, 0.3) is 0 Å². The standard InChI is InChI=1S/C38H46ClN10O4P/c1-53-32-23-28(8-9-30(32)43-37-41-24-29(39)36(45-37)42-31-6-4-5-7-33(31)54(2,3)52)47-15-11-27(12-16-47)48-20-18-46(19-21-48)25-26-10-14-40-34(22-26)49-17-13-35(50)44-38(49)51/h4-10,14,22-24,27H,11-13,15-21,25H2,1-3H3,(H,44,50,51)(H2,41,42,43,45). The number of hydrogen-bond acceptors (Lipinski definition) is 12. The number of carbonyl (C=O) groups is 2. The molecule has 0 unspecified atom stereocenters. The number of anilines is 6. The lowest BCUT2D eigenvalue weighted by Crippen LogP contribution is -2.53. The summed E-state index contributed by atoms with van der Waals surface area (Å²) in [5.74, 6) is 1.76. The van der Waals surface area contributed by atoms with Gasteiger partial charge in [0.15, 0.2) is 5.82 Å². The molecular formula is C38H46ClN10O4P. The van der Waals surface area contributed by atoms with Crippen molar-refractivity contribution in [2.24, 2.45) is 0 Å². The van der Waals surface area contributed by atoms with Gasteiger partial charge in [0.1, 0.15) is 23.7 Å². The molecule has 3 aliphatic rings. The molecule has 3 N–H and O–H groups in total. The van der Waals surface area contributed by atoms with E-state index in [9.17, 15) is 14.2 Å². The monoisotopic (exact) mass is 772 g/mol. The van der Waals surface area contributed by atoms with Crippen LogP contribution in [0.25, 0.3) is 0 Å². The van der Waals surface area contributed by atoms with Gasteiger partial charge >= 0.3 is 6.03 Å². The fourth-order valence-electron chi connectivity index (χ4n) is 7.32. The van der Waals surface area contributed by atoms with Gasteiger partial charge in [-0.15, -0.1) is 0 Å². The molecule has 2 aromatic carbocycles. The van der Waals surface area contributed by atoms with Gasteiger partial charge in [-0.2, -0.15) is 4.98 Å². The number of piperidine rings is 1. The second-order valence-electron chi connectivity index (χ2n) is 14.2. The van der Waals surface area contributed by atoms with Crippen molar-refractivity contribution in [2.45, 2.75) is 31.8 Å². The molecule has 0 radical (unpaired) electrons. The molecule has 4 aromatic rings. The number of rotatable bonds is 11. The van der Waals surface area contributed by atoms with Gasteiger partial charge < -0.3 is 24.8 Å². The van der Waals surface area contributed by atoms with E-state index in [0.717, 1.165) is 80.9 Å². The molecule has 0 atom stereocenters. The highest BCUT2D eigenvalue weighted by molar-refractivity contribution is 7.70. The smallest absolute Gasteiger partial charge is 0.329 e. The Morgan fingerprint density at radius 1 is 0.926 bits per heavy atom. The van der Waals surface area contributed by atoms with Crippen LogP contribution in [0.1, 0.15) is 24.8 Å². The van der Waals surface area contributed by atoms with Gasteiger partial charge in [-0.1, -0.05) is 23.7 Å². The van der Waals surface area contributed by atoms with E-state index in [1.807, 2.05) is 42.5 Å². The van der Waals surface area contributed by atoms with Crippen LogP contribution in [0.3, 0.4) is 0 Å². The van der Waals surface area contributed by atoms with Crippen molar-refractivity contribution in [3.05, 3.63) is 77.6 Å². The van der Waals surface area contributed by atoms with Gasteiger partial charge in [0.2, 0.25) is 11.9 Å². The maximum Gasteiger partial charge on any atom is 0.329 e. The molecule has 3 fully saturated rings. The van der Waals surface area contributed by atoms with E-state index in [-0.39, 0.29) is 12.3 Å². The van der Waals surface area contributed by atoms with E-state index in [1.54, 1.807) is 26.6 Å². The molecule has 0 spiro atoms. The summed E-state index contributed by atoms with van der Waals surface area (Å²) in [6.45, 7) is 10.5. The summed E-state index contributed by atoms with van der Waals surface area (Å²) in [7, 11) is -0.888. The van der Waals surface area contributed by atoms with Crippen molar-refractivity contribution in [3.63, 3.8) is 0 Å². The maximum absolute atomic E-state index is 12.9. The number of imide groups is 1. The molecule has 3 saturated heterocycles. The Kier molecular flexibility index (Phi) is 11.4. The number of para-hydroxylation sites is 1. The number of methoxy groups -OCH3 is 1. The van der Waals surface area contributed by atoms with Crippen molar-refractivity contribution in [3.8, 4) is 5.75 Å². The van der Waals surface area contributed by atoms with Crippen LogP contribution in [-0.2, 0) is 15.9 Å². The molecule has 5 heterocycles. The second-order valence-corrected chi connectivity index (χ2v) is 17.8. The number of nitrogens with one attached hydrogen (secondary N) is 3. The average Bonchev–Trinajstić information content (AvgIpc) is 3.16. The molecular weight excluding hydrogens is 727 g/mol. The number of aromatic nitrogens is 3. The van der Waals surface area contributed by atoms with Crippen molar-refractivity contribution >= 4 is 70.6 Å². The van der Waals surface area contributed by atoms with Gasteiger partial charge in [0, 0.05) is 88.1 Å². The molecule has 0 aliphatic carbocycles. The van der Waals surface area contributed by atoms with E-state index in [1.165, 1.54) is 11.1 Å². The van der Waals surface area contributed by atoms with Crippen LogP contribution < -0.4 is 35.8 Å². The molecule has 0 saturated carbocycles. The number of halogens is 1. The van der Waals surface area contributed by atoms with E-state index >= 15 is 0 Å². The van der Waals surface area contributed by atoms with Crippen molar-refractivity contribution < 1.29 is 18.9 Å². The van der Waals surface area contributed by atoms with Gasteiger partial charge in [-0.3, -0.25) is 24.8 Å². The second kappa shape index (κ2) is 16.3. The predicted molar refractivity (Wildman–Crippen MR) is 214 cm³/mol. The first kappa shape index (κ1) is 37.6. The average molecular weight is 773 g/mol. The molecule has 16 heteroatoms. The summed E-state index contributed by atoms with van der Waals surface area (Å²) in [6.07, 6.45) is 5.71. The number of piperazine rings is 1. The number of urea groups is 1. The summed E-state index contributed by atoms with van der Waals surface area (Å²) in [4.78, 5) is 46.3. The number of amides is 3. The van der Waals surface area contributed by atoms with Crippen LogP contribution in [0.15, 0.2) is 67.0 Å². The van der Waals surface area contributed by atoms with Gasteiger partial charge in [-0.25, -0.2) is 14.8 Å². The number of nitrogens with zero attached hydrogens (tertiary/aromatic N) is 7. The van der Waals surface area contributed by atoms with Crippen LogP contribution in [-0.4, -0.2) is 109 Å². The molecule has 54 heavy (non-hydrogen) atoms. The minimum absolute atomic E-state index is 0.250. The highest BCUT2D eigenvalue weighted by Crippen LogP contribution is 2.39. The van der Waals surface area contributed by atoms with Crippen LogP contribution in [0.2, 0.25) is 5.02 Å². The quantitative estimate of drug-likeness (QED) is 0.165. The maximum atomic E-state index is 12.9. The van der Waals surface area contributed by atoms with Crippen LogP contribution in [0, 0.1) is 0 Å². The minimum Gasteiger partial charge on any atom is -0.494 e. The van der Waals surface area contributed by atoms with E-state index < -0.39 is 13.2 Å². The highest BCUT2D eigenvalue weighted by Gasteiger charge is 2.29. The zero-order valence-electron chi connectivity index (χ0n) is 30.8. The molecule has 3 amide bonds. The lowest BCUT2D eigenvalue weighted by molar-refractivity contribution is -0.120. The van der Waals surface area contributed by atoms with E-state index in [2.05, 4.69) is 57.7 Å². The summed E-state index contributed by atoms with van der Waals surface area (Å²) in [5.41, 5.74) is 3.62. The molecule has 7 rings (SSSR count). The van der Waals surface area contributed by atoms with Gasteiger partial charge in [-0.05, 0) is 68.1 Å². The largest absolute Gasteiger partial charge is 0.494 e. The predicted octanol–water partition coefficient (Wildman–Crippen LogP) is 5.50. The summed E-state index contributed by atoms with van der Waals surface area (Å²) < 4.78 is 18.7. The number of pyridine rings is 1. The van der Waals surface area contributed by atoms with Crippen LogP contribution >= 0.6 is 18.7 Å². The number of ether oxygens (including phenoxy) is 1. The number of carbonyl (C=O) groups excluding carboxylic acids is 2. The number of hydrogen-bond donors (Lipinski definition) is 3. The molecule has 2 aromatic heterocycles. The molecule has 284 valence electrons. The Hall–Kier alpha value is -4.75. The third-order valence-electron chi connectivity index (χ3n) is 10.2. The normalized spacial score (nSPS) is 17.7. The fourth-order valence-corrected chi connectivity index (χ4v) is 8.61. The summed E-state index contributed by atoms with van der Waals surface area (Å²) in [5, 5.41) is 9.96. The first-order chi connectivity index (χ1) is 26.0. The first-order valence-electron chi connectivity index (χ1n) is 18.2. The Labute approximate surface area is 320 Å². The molecule has 0 bridgehead atoms. The summed E-state index contributed by atoms with van der Waals surface area (Å²) >= 11 is 6.47. The van der Waals surface area contributed by atoms with Crippen molar-refractivity contribution in [1.82, 2.24) is 30.1 Å². The Morgan fingerprint density at radius 3 is 2.44 bits per heavy atom. The van der Waals surface area contributed by atoms with Crippen LogP contribution in [0.4, 0.5) is 39.4 Å². The highest BCUT2D eigenvalue weighted by atomic mass is 35.5. The van der Waals surface area contributed by atoms with Gasteiger partial charge in [0.05, 0.1) is 24.7 Å². The fraction of sp³-hybridized carbons (Fsp3) is 0.395. The minimum atomic E-state index is -2.54. The van der Waals surface area contributed by atoms with E-state index in [0.29, 0.717) is 46.6 Å². The first-order valence-corrected chi connectivity index (χ1v) is 21.2. The molecule has 3 aliphatic heterocycles. The lowest BCUT2D eigenvalue weighted by atomic mass is 10.0. The third kappa shape index (κ3) is 8.79. The zero-order chi connectivity index (χ0) is 37.8. The SMILES string of the molecule is COc1cc(N2CCC(N3CCN(Cc4ccnc(N5CCC(=O)NC5=O)c4)CC3)CC2)ccc1Nc1ncc(Cl)c(Nc2ccccc2P(C)(C)=O)n1. The van der Waals surface area contributed by atoms with E-state index in [4.69, 9.17) is 16.3 Å². The van der Waals surface area contributed by atoms with Crippen molar-refractivity contribution in [1.29, 1.82) is 0 Å². The van der Waals surface area contributed by atoms with Crippen molar-refractivity contribution in [2.75, 3.05) is 86.7 Å². The topological polar surface area (TPSA) is 148 Å². The molecule has 14 nitrogen and oxygen atoms in total.